The van der Waals surface area contributed by atoms with Gasteiger partial charge in [-0.3, -0.25) is 0 Å². The summed E-state index contributed by atoms with van der Waals surface area (Å²) in [5, 5.41) is 16.1. The van der Waals surface area contributed by atoms with Crippen molar-refractivity contribution < 1.29 is 10.3 Å². The van der Waals surface area contributed by atoms with Crippen LogP contribution in [0.3, 0.4) is 0 Å². The molecular weight excluding hydrogens is 457 g/mol. The summed E-state index contributed by atoms with van der Waals surface area (Å²) in [4.78, 5) is 13.5. The number of imidazole rings is 1. The Kier molecular flexibility index (Phi) is 9.60. The zero-order valence-corrected chi connectivity index (χ0v) is 18.2. The van der Waals surface area contributed by atoms with Gasteiger partial charge in [0.05, 0.1) is 11.3 Å². The van der Waals surface area contributed by atoms with Gasteiger partial charge in [-0.15, -0.1) is 21.9 Å². The van der Waals surface area contributed by atoms with Crippen molar-refractivity contribution in [3.05, 3.63) is 91.9 Å². The fourth-order valence-electron chi connectivity index (χ4n) is 2.55. The van der Waals surface area contributed by atoms with Crippen LogP contribution in [0, 0.1) is 10.1 Å². The topological polar surface area (TPSA) is 81.2 Å². The van der Waals surface area contributed by atoms with E-state index in [-0.39, 0.29) is 0 Å². The highest BCUT2D eigenvalue weighted by atomic mass is 35.5. The standard InChI is InChI=1S/C19H17Cl3N2S.HNO3/c20-15-4-1-14(2-5-15)3-7-17(12-24-10-9-23-13-24)25-19-8-6-16(21)11-18(19)22;2-1(3)4/h1-2,4-6,8-11,13,17H,3,7,12H2;(H,2,3,4). The molecule has 154 valence electrons. The molecule has 0 saturated heterocycles. The number of aromatic nitrogens is 2. The molecule has 0 spiro atoms. The van der Waals surface area contributed by atoms with Gasteiger partial charge in [-0.25, -0.2) is 4.98 Å². The van der Waals surface area contributed by atoms with Crippen LogP contribution in [-0.4, -0.2) is 25.1 Å². The van der Waals surface area contributed by atoms with Crippen molar-refractivity contribution in [3.63, 3.8) is 0 Å². The van der Waals surface area contributed by atoms with Crippen molar-refractivity contribution in [2.75, 3.05) is 0 Å². The lowest BCUT2D eigenvalue weighted by atomic mass is 10.1. The lowest BCUT2D eigenvalue weighted by Crippen LogP contribution is -2.13. The molecule has 0 amide bonds. The summed E-state index contributed by atoms with van der Waals surface area (Å²) in [5.74, 6) is 0. The third-order valence-corrected chi connectivity index (χ3v) is 6.07. The molecule has 0 bridgehead atoms. The minimum absolute atomic E-state index is 0.364. The van der Waals surface area contributed by atoms with E-state index in [1.807, 2.05) is 36.8 Å². The van der Waals surface area contributed by atoms with Crippen LogP contribution >= 0.6 is 46.6 Å². The van der Waals surface area contributed by atoms with E-state index in [0.29, 0.717) is 15.3 Å². The molecule has 1 N–H and O–H groups in total. The number of aryl methyl sites for hydroxylation is 1. The molecule has 29 heavy (non-hydrogen) atoms. The molecule has 0 aliphatic heterocycles. The number of hydrogen-bond donors (Lipinski definition) is 1. The number of hydrogen-bond acceptors (Lipinski definition) is 4. The lowest BCUT2D eigenvalue weighted by Gasteiger charge is -2.18. The number of rotatable bonds is 7. The minimum atomic E-state index is -1.50. The molecule has 3 aromatic rings. The monoisotopic (exact) mass is 473 g/mol. The second-order valence-corrected chi connectivity index (χ2v) is 8.60. The third kappa shape index (κ3) is 8.95. The van der Waals surface area contributed by atoms with Crippen molar-refractivity contribution in [3.8, 4) is 0 Å². The summed E-state index contributed by atoms with van der Waals surface area (Å²) in [6.07, 6.45) is 7.63. The normalized spacial score (nSPS) is 11.4. The van der Waals surface area contributed by atoms with Crippen LogP contribution in [0.1, 0.15) is 12.0 Å². The summed E-state index contributed by atoms with van der Waals surface area (Å²) in [6, 6.07) is 13.7. The van der Waals surface area contributed by atoms with Gasteiger partial charge in [-0.2, -0.15) is 0 Å². The summed E-state index contributed by atoms with van der Waals surface area (Å²) in [5.41, 5.74) is 1.28. The van der Waals surface area contributed by atoms with E-state index in [9.17, 15) is 0 Å². The second kappa shape index (κ2) is 11.9. The molecule has 0 saturated carbocycles. The molecule has 0 radical (unpaired) electrons. The maximum Gasteiger partial charge on any atom is 0.291 e. The van der Waals surface area contributed by atoms with Gasteiger partial charge in [-0.1, -0.05) is 46.9 Å². The summed E-state index contributed by atoms with van der Waals surface area (Å²) >= 11 is 20.1. The van der Waals surface area contributed by atoms with Gasteiger partial charge in [0, 0.05) is 39.1 Å². The van der Waals surface area contributed by atoms with Gasteiger partial charge in [0.2, 0.25) is 0 Å². The van der Waals surface area contributed by atoms with Crippen LogP contribution < -0.4 is 0 Å². The molecule has 3 rings (SSSR count). The summed E-state index contributed by atoms with van der Waals surface area (Å²) < 4.78 is 2.10. The Morgan fingerprint density at radius 2 is 1.79 bits per heavy atom. The zero-order chi connectivity index (χ0) is 21.2. The average Bonchev–Trinajstić information content (AvgIpc) is 3.16. The Labute approximate surface area is 187 Å². The van der Waals surface area contributed by atoms with E-state index in [1.165, 1.54) is 5.56 Å². The van der Waals surface area contributed by atoms with Crippen LogP contribution in [0.25, 0.3) is 0 Å². The van der Waals surface area contributed by atoms with Gasteiger partial charge in [0.25, 0.3) is 5.09 Å². The number of benzene rings is 2. The van der Waals surface area contributed by atoms with Gasteiger partial charge in [0.1, 0.15) is 0 Å². The Morgan fingerprint density at radius 1 is 1.14 bits per heavy atom. The van der Waals surface area contributed by atoms with Crippen molar-refractivity contribution in [2.45, 2.75) is 29.5 Å². The molecule has 0 aliphatic carbocycles. The van der Waals surface area contributed by atoms with Gasteiger partial charge < -0.3 is 9.77 Å². The Bertz CT molecular complexity index is 905. The molecule has 0 fully saturated rings. The highest BCUT2D eigenvalue weighted by molar-refractivity contribution is 8.00. The summed E-state index contributed by atoms with van der Waals surface area (Å²) in [6.45, 7) is 0.872. The molecule has 6 nitrogen and oxygen atoms in total. The molecule has 2 aromatic carbocycles. The van der Waals surface area contributed by atoms with Crippen LogP contribution in [0.2, 0.25) is 15.1 Å². The Hall–Kier alpha value is -1.93. The van der Waals surface area contributed by atoms with Crippen molar-refractivity contribution >= 4 is 46.6 Å². The maximum atomic E-state index is 8.36. The predicted molar refractivity (Wildman–Crippen MR) is 117 cm³/mol. The van der Waals surface area contributed by atoms with Crippen LogP contribution in [-0.2, 0) is 13.0 Å². The average molecular weight is 475 g/mol. The Balaban J connectivity index is 0.000000687. The largest absolute Gasteiger partial charge is 0.336 e. The molecule has 10 heteroatoms. The smallest absolute Gasteiger partial charge is 0.291 e. The van der Waals surface area contributed by atoms with Gasteiger partial charge in [-0.05, 0) is 48.7 Å². The summed E-state index contributed by atoms with van der Waals surface area (Å²) in [7, 11) is 0. The van der Waals surface area contributed by atoms with Crippen molar-refractivity contribution in [1.82, 2.24) is 9.55 Å². The third-order valence-electron chi connectivity index (χ3n) is 3.83. The quantitative estimate of drug-likeness (QED) is 0.247. The molecule has 1 atom stereocenters. The fourth-order valence-corrected chi connectivity index (χ4v) is 4.37. The lowest BCUT2D eigenvalue weighted by molar-refractivity contribution is -0.742. The Morgan fingerprint density at radius 3 is 2.38 bits per heavy atom. The molecule has 1 unspecified atom stereocenters. The van der Waals surface area contributed by atoms with E-state index < -0.39 is 5.09 Å². The zero-order valence-electron chi connectivity index (χ0n) is 15.1. The first-order valence-electron chi connectivity index (χ1n) is 8.48. The SMILES string of the molecule is Clc1ccc(CCC(Cn2ccnc2)Sc2ccc(Cl)cc2Cl)cc1.O=[N+]([O-])O. The number of halogens is 3. The predicted octanol–water partition coefficient (Wildman–Crippen LogP) is 6.29. The molecular formula is C19H18Cl3N3O3S. The molecule has 0 aliphatic rings. The molecule has 1 aromatic heterocycles. The first-order chi connectivity index (χ1) is 13.8. The first kappa shape index (κ1) is 23.3. The highest BCUT2D eigenvalue weighted by Gasteiger charge is 2.14. The van der Waals surface area contributed by atoms with Crippen LogP contribution in [0.15, 0.2) is 66.1 Å². The van der Waals surface area contributed by atoms with E-state index in [2.05, 4.69) is 21.7 Å². The van der Waals surface area contributed by atoms with Crippen LogP contribution in [0.4, 0.5) is 0 Å². The first-order valence-corrected chi connectivity index (χ1v) is 10.5. The van der Waals surface area contributed by atoms with E-state index in [0.717, 1.165) is 29.3 Å². The van der Waals surface area contributed by atoms with E-state index in [4.69, 9.17) is 50.1 Å². The second-order valence-electron chi connectivity index (χ2n) is 5.98. The van der Waals surface area contributed by atoms with Gasteiger partial charge in [0.15, 0.2) is 0 Å². The van der Waals surface area contributed by atoms with E-state index >= 15 is 0 Å². The fraction of sp³-hybridized carbons (Fsp3) is 0.211. The number of thioether (sulfide) groups is 1. The minimum Gasteiger partial charge on any atom is -0.336 e. The molecule has 1 heterocycles. The maximum absolute atomic E-state index is 8.36. The van der Waals surface area contributed by atoms with Crippen LogP contribution in [0.5, 0.6) is 0 Å². The van der Waals surface area contributed by atoms with Crippen molar-refractivity contribution in [1.29, 1.82) is 0 Å². The van der Waals surface area contributed by atoms with Gasteiger partial charge >= 0.3 is 0 Å². The highest BCUT2D eigenvalue weighted by Crippen LogP contribution is 2.34. The van der Waals surface area contributed by atoms with Crippen molar-refractivity contribution in [2.24, 2.45) is 0 Å². The number of nitrogens with zero attached hydrogens (tertiary/aromatic N) is 3. The van der Waals surface area contributed by atoms with E-state index in [1.54, 1.807) is 24.0 Å².